The molecular formula is C14H22OS2. The minimum atomic E-state index is 0.369. The van der Waals surface area contributed by atoms with Crippen LogP contribution < -0.4 is 4.74 Å². The van der Waals surface area contributed by atoms with Crippen molar-refractivity contribution >= 4 is 24.4 Å². The lowest BCUT2D eigenvalue weighted by molar-refractivity contribution is 0.357. The van der Waals surface area contributed by atoms with Crippen molar-refractivity contribution < 1.29 is 4.74 Å². The summed E-state index contributed by atoms with van der Waals surface area (Å²) in [6.07, 6.45) is 2.38. The standard InChI is InChI=1S/C14H22OS2/c1-4-14(5-2,10-16)11-17-13-8-6-12(15-3)7-9-13/h6-9,16H,4-5,10-11H2,1-3H3. The summed E-state index contributed by atoms with van der Waals surface area (Å²) in [4.78, 5) is 1.30. The second kappa shape index (κ2) is 7.22. The summed E-state index contributed by atoms with van der Waals surface area (Å²) < 4.78 is 5.16. The Morgan fingerprint density at radius 3 is 2.18 bits per heavy atom. The Hall–Kier alpha value is -0.280. The molecule has 0 bridgehead atoms. The summed E-state index contributed by atoms with van der Waals surface area (Å²) in [5.41, 5.74) is 0.369. The highest BCUT2D eigenvalue weighted by Crippen LogP contribution is 2.35. The number of thioether (sulfide) groups is 1. The van der Waals surface area contributed by atoms with Crippen molar-refractivity contribution in [2.24, 2.45) is 5.41 Å². The summed E-state index contributed by atoms with van der Waals surface area (Å²) in [5, 5.41) is 0. The number of methoxy groups -OCH3 is 1. The van der Waals surface area contributed by atoms with E-state index >= 15 is 0 Å². The minimum Gasteiger partial charge on any atom is -0.497 e. The third-order valence-electron chi connectivity index (χ3n) is 3.44. The van der Waals surface area contributed by atoms with Gasteiger partial charge in [0.1, 0.15) is 5.75 Å². The molecule has 0 saturated carbocycles. The lowest BCUT2D eigenvalue weighted by Gasteiger charge is -2.29. The molecule has 0 spiro atoms. The van der Waals surface area contributed by atoms with Gasteiger partial charge < -0.3 is 4.74 Å². The van der Waals surface area contributed by atoms with E-state index in [-0.39, 0.29) is 0 Å². The van der Waals surface area contributed by atoms with Crippen LogP contribution in [0.15, 0.2) is 29.2 Å². The van der Waals surface area contributed by atoms with Gasteiger partial charge in [-0.05, 0) is 48.3 Å². The van der Waals surface area contributed by atoms with E-state index in [4.69, 9.17) is 4.74 Å². The summed E-state index contributed by atoms with van der Waals surface area (Å²) in [5.74, 6) is 3.01. The molecule has 1 aromatic rings. The van der Waals surface area contributed by atoms with Gasteiger partial charge in [0.25, 0.3) is 0 Å². The first-order valence-electron chi connectivity index (χ1n) is 6.07. The molecule has 0 aliphatic rings. The highest BCUT2D eigenvalue weighted by molar-refractivity contribution is 7.99. The number of ether oxygens (including phenoxy) is 1. The Morgan fingerprint density at radius 2 is 1.76 bits per heavy atom. The lowest BCUT2D eigenvalue weighted by Crippen LogP contribution is -2.24. The molecule has 17 heavy (non-hydrogen) atoms. The van der Waals surface area contributed by atoms with Gasteiger partial charge in [-0.1, -0.05) is 13.8 Å². The van der Waals surface area contributed by atoms with Crippen LogP contribution >= 0.6 is 24.4 Å². The first-order chi connectivity index (χ1) is 8.19. The van der Waals surface area contributed by atoms with Crippen LogP contribution in [0.1, 0.15) is 26.7 Å². The van der Waals surface area contributed by atoms with Gasteiger partial charge in [0.2, 0.25) is 0 Å². The fraction of sp³-hybridized carbons (Fsp3) is 0.571. The molecule has 0 heterocycles. The molecule has 1 aromatic carbocycles. The maximum Gasteiger partial charge on any atom is 0.118 e. The van der Waals surface area contributed by atoms with E-state index in [0.717, 1.165) is 17.3 Å². The third kappa shape index (κ3) is 4.14. The second-order valence-electron chi connectivity index (χ2n) is 4.33. The number of hydrogen-bond acceptors (Lipinski definition) is 3. The highest BCUT2D eigenvalue weighted by atomic mass is 32.2. The Morgan fingerprint density at radius 1 is 1.18 bits per heavy atom. The van der Waals surface area contributed by atoms with Crippen LogP contribution in [0.5, 0.6) is 5.75 Å². The maximum absolute atomic E-state index is 5.16. The van der Waals surface area contributed by atoms with Crippen molar-refractivity contribution in [1.29, 1.82) is 0 Å². The van der Waals surface area contributed by atoms with Gasteiger partial charge in [-0.15, -0.1) is 11.8 Å². The monoisotopic (exact) mass is 270 g/mol. The van der Waals surface area contributed by atoms with Crippen molar-refractivity contribution in [3.05, 3.63) is 24.3 Å². The van der Waals surface area contributed by atoms with E-state index in [2.05, 4.69) is 38.6 Å². The van der Waals surface area contributed by atoms with E-state index in [1.54, 1.807) is 7.11 Å². The van der Waals surface area contributed by atoms with E-state index in [0.29, 0.717) is 5.41 Å². The molecule has 0 aliphatic carbocycles. The van der Waals surface area contributed by atoms with Crippen molar-refractivity contribution in [2.75, 3.05) is 18.6 Å². The summed E-state index contributed by atoms with van der Waals surface area (Å²) in [6, 6.07) is 8.28. The van der Waals surface area contributed by atoms with Crippen molar-refractivity contribution in [3.8, 4) is 5.75 Å². The van der Waals surface area contributed by atoms with Gasteiger partial charge in [-0.2, -0.15) is 12.6 Å². The quantitative estimate of drug-likeness (QED) is 0.576. The van der Waals surface area contributed by atoms with E-state index < -0.39 is 0 Å². The molecule has 1 nitrogen and oxygen atoms in total. The third-order valence-corrected chi connectivity index (χ3v) is 5.47. The molecule has 0 unspecified atom stereocenters. The zero-order chi connectivity index (χ0) is 12.7. The molecule has 0 N–H and O–H groups in total. The summed E-state index contributed by atoms with van der Waals surface area (Å²) in [6.45, 7) is 4.52. The topological polar surface area (TPSA) is 9.23 Å². The van der Waals surface area contributed by atoms with Crippen molar-refractivity contribution in [2.45, 2.75) is 31.6 Å². The fourth-order valence-corrected chi connectivity index (χ4v) is 3.65. The van der Waals surface area contributed by atoms with Crippen molar-refractivity contribution in [3.63, 3.8) is 0 Å². The first-order valence-corrected chi connectivity index (χ1v) is 7.69. The average molecular weight is 270 g/mol. The molecule has 0 saturated heterocycles. The zero-order valence-electron chi connectivity index (χ0n) is 10.9. The van der Waals surface area contributed by atoms with Crippen LogP contribution in [-0.2, 0) is 0 Å². The van der Waals surface area contributed by atoms with Gasteiger partial charge in [0.15, 0.2) is 0 Å². The van der Waals surface area contributed by atoms with Crippen LogP contribution in [0.2, 0.25) is 0 Å². The van der Waals surface area contributed by atoms with E-state index in [1.165, 1.54) is 17.7 Å². The van der Waals surface area contributed by atoms with Crippen LogP contribution in [0.25, 0.3) is 0 Å². The number of hydrogen-bond donors (Lipinski definition) is 1. The van der Waals surface area contributed by atoms with Crippen LogP contribution in [0.4, 0.5) is 0 Å². The minimum absolute atomic E-state index is 0.369. The molecule has 0 fully saturated rings. The predicted molar refractivity (Wildman–Crippen MR) is 80.6 cm³/mol. The van der Waals surface area contributed by atoms with E-state index in [1.807, 2.05) is 23.9 Å². The van der Waals surface area contributed by atoms with Gasteiger partial charge >= 0.3 is 0 Å². The Bertz CT molecular complexity index is 309. The summed E-state index contributed by atoms with van der Waals surface area (Å²) in [7, 11) is 1.70. The Labute approximate surface area is 115 Å². The van der Waals surface area contributed by atoms with Crippen molar-refractivity contribution in [1.82, 2.24) is 0 Å². The zero-order valence-corrected chi connectivity index (χ0v) is 12.6. The van der Waals surface area contributed by atoms with Gasteiger partial charge in [0.05, 0.1) is 7.11 Å². The van der Waals surface area contributed by atoms with E-state index in [9.17, 15) is 0 Å². The molecule has 0 amide bonds. The van der Waals surface area contributed by atoms with Crippen LogP contribution in [-0.4, -0.2) is 18.6 Å². The lowest BCUT2D eigenvalue weighted by atomic mass is 9.87. The molecular weight excluding hydrogens is 248 g/mol. The number of thiol groups is 1. The smallest absolute Gasteiger partial charge is 0.118 e. The SMILES string of the molecule is CCC(CC)(CS)CSc1ccc(OC)cc1. The molecule has 3 heteroatoms. The van der Waals surface area contributed by atoms with Gasteiger partial charge in [-0.3, -0.25) is 0 Å². The van der Waals surface area contributed by atoms with Gasteiger partial charge in [-0.25, -0.2) is 0 Å². The fourth-order valence-electron chi connectivity index (χ4n) is 1.63. The largest absolute Gasteiger partial charge is 0.497 e. The molecule has 0 atom stereocenters. The van der Waals surface area contributed by atoms with Crippen LogP contribution in [0, 0.1) is 5.41 Å². The normalized spacial score (nSPS) is 11.5. The molecule has 0 radical (unpaired) electrons. The molecule has 96 valence electrons. The van der Waals surface area contributed by atoms with Gasteiger partial charge in [0, 0.05) is 10.6 Å². The molecule has 1 rings (SSSR count). The highest BCUT2D eigenvalue weighted by Gasteiger charge is 2.24. The molecule has 0 aromatic heterocycles. The summed E-state index contributed by atoms with van der Waals surface area (Å²) >= 11 is 6.42. The maximum atomic E-state index is 5.16. The Balaban J connectivity index is 2.59. The van der Waals surface area contributed by atoms with Crippen LogP contribution in [0.3, 0.4) is 0 Å². The second-order valence-corrected chi connectivity index (χ2v) is 5.69. The Kier molecular flexibility index (Phi) is 6.28. The first kappa shape index (κ1) is 14.8. The number of benzene rings is 1. The average Bonchev–Trinajstić information content (AvgIpc) is 2.41. The predicted octanol–water partition coefficient (Wildman–Crippen LogP) is 4.52. The molecule has 0 aliphatic heterocycles. The number of rotatable bonds is 7.